The van der Waals surface area contributed by atoms with Gasteiger partial charge < -0.3 is 10.6 Å². The van der Waals surface area contributed by atoms with E-state index in [1.54, 1.807) is 0 Å². The summed E-state index contributed by atoms with van der Waals surface area (Å²) in [6.45, 7) is 2.97. The lowest BCUT2D eigenvalue weighted by Gasteiger charge is -2.20. The van der Waals surface area contributed by atoms with Crippen LogP contribution in [0.25, 0.3) is 0 Å². The number of hydrogen-bond acceptors (Lipinski definition) is 2. The molecule has 0 aliphatic carbocycles. The fourth-order valence-corrected chi connectivity index (χ4v) is 3.10. The molecular formula is C15H21BrN2O. The van der Waals surface area contributed by atoms with Crippen molar-refractivity contribution in [3.63, 3.8) is 0 Å². The van der Waals surface area contributed by atoms with Crippen LogP contribution in [-0.4, -0.2) is 18.5 Å². The molecule has 1 unspecified atom stereocenters. The monoisotopic (exact) mass is 324 g/mol. The minimum absolute atomic E-state index is 0.0214. The molecule has 0 radical (unpaired) electrons. The number of halogens is 1. The zero-order chi connectivity index (χ0) is 13.7. The zero-order valence-electron chi connectivity index (χ0n) is 11.3. The lowest BCUT2D eigenvalue weighted by atomic mass is 10.1. The van der Waals surface area contributed by atoms with Gasteiger partial charge in [-0.1, -0.05) is 47.0 Å². The van der Waals surface area contributed by atoms with E-state index in [9.17, 15) is 4.79 Å². The summed E-state index contributed by atoms with van der Waals surface area (Å²) in [7, 11) is 0. The predicted octanol–water partition coefficient (Wildman–Crippen LogP) is 3.16. The lowest BCUT2D eigenvalue weighted by Crippen LogP contribution is -2.44. The molecule has 19 heavy (non-hydrogen) atoms. The SMILES string of the molecule is C[C@H](NC(=O)C1CCCCCN1)c1ccccc1Br. The second kappa shape index (κ2) is 7.06. The molecule has 0 saturated carbocycles. The van der Waals surface area contributed by atoms with Crippen LogP contribution in [0.3, 0.4) is 0 Å². The number of carbonyl (C=O) groups is 1. The fraction of sp³-hybridized carbons (Fsp3) is 0.533. The van der Waals surface area contributed by atoms with E-state index in [2.05, 4.69) is 26.6 Å². The van der Waals surface area contributed by atoms with Gasteiger partial charge in [-0.15, -0.1) is 0 Å². The third-order valence-electron chi connectivity index (χ3n) is 3.61. The van der Waals surface area contributed by atoms with Crippen molar-refractivity contribution in [3.05, 3.63) is 34.3 Å². The fourth-order valence-electron chi connectivity index (χ4n) is 2.47. The van der Waals surface area contributed by atoms with Crippen LogP contribution in [0, 0.1) is 0 Å². The molecule has 0 aromatic heterocycles. The summed E-state index contributed by atoms with van der Waals surface area (Å²) in [6.07, 6.45) is 4.46. The van der Waals surface area contributed by atoms with Crippen molar-refractivity contribution in [1.82, 2.24) is 10.6 Å². The highest BCUT2D eigenvalue weighted by molar-refractivity contribution is 9.10. The molecule has 1 aliphatic heterocycles. The van der Waals surface area contributed by atoms with Crippen LogP contribution >= 0.6 is 15.9 Å². The van der Waals surface area contributed by atoms with Gasteiger partial charge >= 0.3 is 0 Å². The quantitative estimate of drug-likeness (QED) is 0.896. The van der Waals surface area contributed by atoms with E-state index in [1.165, 1.54) is 12.8 Å². The van der Waals surface area contributed by atoms with Crippen molar-refractivity contribution in [2.75, 3.05) is 6.54 Å². The van der Waals surface area contributed by atoms with Gasteiger partial charge in [-0.05, 0) is 37.9 Å². The van der Waals surface area contributed by atoms with Crippen LogP contribution in [-0.2, 0) is 4.79 Å². The molecule has 1 aromatic carbocycles. The molecule has 4 heteroatoms. The minimum atomic E-state index is -0.0348. The molecule has 2 rings (SSSR count). The maximum Gasteiger partial charge on any atom is 0.237 e. The van der Waals surface area contributed by atoms with E-state index in [-0.39, 0.29) is 18.0 Å². The molecule has 0 bridgehead atoms. The molecular weight excluding hydrogens is 304 g/mol. The predicted molar refractivity (Wildman–Crippen MR) is 81.0 cm³/mol. The highest BCUT2D eigenvalue weighted by atomic mass is 79.9. The molecule has 2 N–H and O–H groups in total. The topological polar surface area (TPSA) is 41.1 Å². The molecule has 1 heterocycles. The smallest absolute Gasteiger partial charge is 0.237 e. The van der Waals surface area contributed by atoms with Crippen LogP contribution < -0.4 is 10.6 Å². The van der Waals surface area contributed by atoms with Crippen molar-refractivity contribution >= 4 is 21.8 Å². The lowest BCUT2D eigenvalue weighted by molar-refractivity contribution is -0.123. The zero-order valence-corrected chi connectivity index (χ0v) is 12.9. The van der Waals surface area contributed by atoms with Gasteiger partial charge in [-0.2, -0.15) is 0 Å². The number of rotatable bonds is 3. The first-order valence-corrected chi connectivity index (χ1v) is 7.76. The van der Waals surface area contributed by atoms with E-state index in [0.717, 1.165) is 29.4 Å². The maximum atomic E-state index is 12.3. The Bertz CT molecular complexity index is 428. The second-order valence-corrected chi connectivity index (χ2v) is 5.96. The highest BCUT2D eigenvalue weighted by Crippen LogP contribution is 2.23. The first-order chi connectivity index (χ1) is 9.18. The van der Waals surface area contributed by atoms with Crippen LogP contribution in [0.15, 0.2) is 28.7 Å². The Kier molecular flexibility index (Phi) is 5.40. The molecule has 3 nitrogen and oxygen atoms in total. The number of hydrogen-bond donors (Lipinski definition) is 2. The van der Waals surface area contributed by atoms with Crippen molar-refractivity contribution in [2.24, 2.45) is 0 Å². The van der Waals surface area contributed by atoms with Gasteiger partial charge in [0.1, 0.15) is 0 Å². The van der Waals surface area contributed by atoms with Crippen LogP contribution in [0.5, 0.6) is 0 Å². The van der Waals surface area contributed by atoms with Gasteiger partial charge in [0, 0.05) is 4.47 Å². The van der Waals surface area contributed by atoms with E-state index in [4.69, 9.17) is 0 Å². The Morgan fingerprint density at radius 1 is 1.37 bits per heavy atom. The van der Waals surface area contributed by atoms with Crippen LogP contribution in [0.2, 0.25) is 0 Å². The molecule has 1 aliphatic rings. The van der Waals surface area contributed by atoms with Gasteiger partial charge in [-0.3, -0.25) is 4.79 Å². The summed E-state index contributed by atoms with van der Waals surface area (Å²) in [5.74, 6) is 0.116. The Morgan fingerprint density at radius 3 is 2.95 bits per heavy atom. The van der Waals surface area contributed by atoms with Crippen LogP contribution in [0.1, 0.15) is 44.2 Å². The van der Waals surface area contributed by atoms with E-state index >= 15 is 0 Å². The molecule has 104 valence electrons. The molecule has 1 fully saturated rings. The molecule has 1 saturated heterocycles. The Labute approximate surface area is 123 Å². The van der Waals surface area contributed by atoms with Gasteiger partial charge in [0.15, 0.2) is 0 Å². The number of nitrogens with one attached hydrogen (secondary N) is 2. The third-order valence-corrected chi connectivity index (χ3v) is 4.33. The van der Waals surface area contributed by atoms with Crippen molar-refractivity contribution in [3.8, 4) is 0 Å². The van der Waals surface area contributed by atoms with E-state index in [0.29, 0.717) is 0 Å². The largest absolute Gasteiger partial charge is 0.348 e. The van der Waals surface area contributed by atoms with Gasteiger partial charge in [0.2, 0.25) is 5.91 Å². The van der Waals surface area contributed by atoms with Gasteiger partial charge in [0.25, 0.3) is 0 Å². The summed E-state index contributed by atoms with van der Waals surface area (Å²) in [5.41, 5.74) is 1.12. The van der Waals surface area contributed by atoms with E-state index < -0.39 is 0 Å². The summed E-state index contributed by atoms with van der Waals surface area (Å²) in [5, 5.41) is 6.43. The van der Waals surface area contributed by atoms with Crippen molar-refractivity contribution in [1.29, 1.82) is 0 Å². The molecule has 1 aromatic rings. The standard InChI is InChI=1S/C15H21BrN2O/c1-11(12-7-4-5-8-13(12)16)18-15(19)14-9-3-2-6-10-17-14/h4-5,7-8,11,14,17H,2-3,6,9-10H2,1H3,(H,18,19)/t11-,14?/m0/s1. The second-order valence-electron chi connectivity index (χ2n) is 5.11. The van der Waals surface area contributed by atoms with Crippen molar-refractivity contribution < 1.29 is 4.79 Å². The maximum absolute atomic E-state index is 12.3. The Hall–Kier alpha value is -0.870. The van der Waals surface area contributed by atoms with E-state index in [1.807, 2.05) is 31.2 Å². The Morgan fingerprint density at radius 2 is 2.16 bits per heavy atom. The first-order valence-electron chi connectivity index (χ1n) is 6.96. The summed E-state index contributed by atoms with van der Waals surface area (Å²) in [6, 6.07) is 8.00. The Balaban J connectivity index is 1.96. The van der Waals surface area contributed by atoms with Crippen molar-refractivity contribution in [2.45, 2.75) is 44.7 Å². The van der Waals surface area contributed by atoms with Crippen LogP contribution in [0.4, 0.5) is 0 Å². The first kappa shape index (κ1) is 14.5. The summed E-state index contributed by atoms with van der Waals surface area (Å²) >= 11 is 3.53. The average Bonchev–Trinajstić information content (AvgIpc) is 2.68. The van der Waals surface area contributed by atoms with Gasteiger partial charge in [0.05, 0.1) is 12.1 Å². The number of carbonyl (C=O) groups excluding carboxylic acids is 1. The normalized spacial score (nSPS) is 21.5. The number of benzene rings is 1. The van der Waals surface area contributed by atoms with Gasteiger partial charge in [-0.25, -0.2) is 0 Å². The summed E-state index contributed by atoms with van der Waals surface area (Å²) in [4.78, 5) is 12.3. The highest BCUT2D eigenvalue weighted by Gasteiger charge is 2.21. The average molecular weight is 325 g/mol. The summed E-state index contributed by atoms with van der Waals surface area (Å²) < 4.78 is 1.04. The number of amides is 1. The third kappa shape index (κ3) is 4.05. The molecule has 0 spiro atoms. The molecule has 1 amide bonds. The minimum Gasteiger partial charge on any atom is -0.348 e. The molecule has 2 atom stereocenters.